The van der Waals surface area contributed by atoms with Crippen molar-refractivity contribution >= 4 is 11.7 Å². The molecule has 0 aromatic rings. The van der Waals surface area contributed by atoms with Crippen LogP contribution in [0.2, 0.25) is 0 Å². The molecular formula is C6H5F2NO2. The SMILES string of the molecule is O=C(O)C1=NC=C(F)CC1F. The van der Waals surface area contributed by atoms with Crippen molar-refractivity contribution in [1.29, 1.82) is 0 Å². The zero-order valence-corrected chi connectivity index (χ0v) is 5.42. The van der Waals surface area contributed by atoms with Gasteiger partial charge in [0.25, 0.3) is 0 Å². The minimum Gasteiger partial charge on any atom is -0.477 e. The van der Waals surface area contributed by atoms with Crippen LogP contribution in [0.25, 0.3) is 0 Å². The third-order valence-electron chi connectivity index (χ3n) is 1.23. The molecule has 0 spiro atoms. The van der Waals surface area contributed by atoms with Crippen molar-refractivity contribution in [2.24, 2.45) is 4.99 Å². The first-order valence-electron chi connectivity index (χ1n) is 2.91. The molecule has 1 aliphatic rings. The number of halogens is 2. The van der Waals surface area contributed by atoms with Gasteiger partial charge in [-0.25, -0.2) is 18.6 Å². The molecule has 0 aromatic carbocycles. The van der Waals surface area contributed by atoms with E-state index >= 15 is 0 Å². The van der Waals surface area contributed by atoms with Crippen molar-refractivity contribution in [2.45, 2.75) is 12.6 Å². The number of carboxylic acids is 1. The van der Waals surface area contributed by atoms with Gasteiger partial charge in [-0.1, -0.05) is 0 Å². The summed E-state index contributed by atoms with van der Waals surface area (Å²) in [4.78, 5) is 13.2. The lowest BCUT2D eigenvalue weighted by Gasteiger charge is -2.09. The summed E-state index contributed by atoms with van der Waals surface area (Å²) in [5, 5.41) is 8.27. The van der Waals surface area contributed by atoms with Crippen molar-refractivity contribution in [3.8, 4) is 0 Å². The van der Waals surface area contributed by atoms with Crippen LogP contribution in [0.3, 0.4) is 0 Å². The molecule has 0 aromatic heterocycles. The minimum absolute atomic E-state index is 0.523. The number of carbonyl (C=O) groups is 1. The van der Waals surface area contributed by atoms with Crippen LogP contribution in [0, 0.1) is 0 Å². The number of hydrogen-bond acceptors (Lipinski definition) is 2. The van der Waals surface area contributed by atoms with Crippen LogP contribution < -0.4 is 0 Å². The van der Waals surface area contributed by atoms with Crippen LogP contribution in [0.1, 0.15) is 6.42 Å². The molecule has 5 heteroatoms. The van der Waals surface area contributed by atoms with Crippen LogP contribution in [0.4, 0.5) is 8.78 Å². The minimum atomic E-state index is -1.82. The highest BCUT2D eigenvalue weighted by molar-refractivity contribution is 6.37. The van der Waals surface area contributed by atoms with Gasteiger partial charge in [-0.3, -0.25) is 0 Å². The summed E-state index contributed by atoms with van der Waals surface area (Å²) in [5.74, 6) is -2.18. The number of allylic oxidation sites excluding steroid dienone is 1. The van der Waals surface area contributed by atoms with Crippen LogP contribution in [-0.4, -0.2) is 23.0 Å². The van der Waals surface area contributed by atoms with Gasteiger partial charge in [0.1, 0.15) is 5.83 Å². The summed E-state index contributed by atoms with van der Waals surface area (Å²) in [6, 6.07) is 0. The molecule has 1 unspecified atom stereocenters. The van der Waals surface area contributed by atoms with Gasteiger partial charge in [0, 0.05) is 6.42 Å². The van der Waals surface area contributed by atoms with Crippen LogP contribution >= 0.6 is 0 Å². The highest BCUT2D eigenvalue weighted by Gasteiger charge is 2.25. The van der Waals surface area contributed by atoms with E-state index in [1.807, 2.05) is 0 Å². The Morgan fingerprint density at radius 1 is 1.82 bits per heavy atom. The highest BCUT2D eigenvalue weighted by Crippen LogP contribution is 2.16. The first-order chi connectivity index (χ1) is 5.11. The lowest BCUT2D eigenvalue weighted by molar-refractivity contribution is -0.129. The summed E-state index contributed by atoms with van der Waals surface area (Å²) in [6.45, 7) is 0. The Balaban J connectivity index is 2.87. The molecule has 0 aliphatic carbocycles. The highest BCUT2D eigenvalue weighted by atomic mass is 19.1. The number of rotatable bonds is 1. The molecule has 1 aliphatic heterocycles. The second kappa shape index (κ2) is 2.77. The van der Waals surface area contributed by atoms with Crippen LogP contribution in [-0.2, 0) is 4.79 Å². The van der Waals surface area contributed by atoms with Gasteiger partial charge >= 0.3 is 5.97 Å². The normalized spacial score (nSPS) is 24.0. The Bertz CT molecular complexity index is 247. The van der Waals surface area contributed by atoms with Gasteiger partial charge in [0.15, 0.2) is 11.9 Å². The summed E-state index contributed by atoms with van der Waals surface area (Å²) < 4.78 is 24.7. The van der Waals surface area contributed by atoms with E-state index in [1.165, 1.54) is 0 Å². The lowest BCUT2D eigenvalue weighted by atomic mass is 10.1. The van der Waals surface area contributed by atoms with Crippen LogP contribution in [0.5, 0.6) is 0 Å². The van der Waals surface area contributed by atoms with Gasteiger partial charge < -0.3 is 5.11 Å². The molecule has 0 saturated carbocycles. The van der Waals surface area contributed by atoms with Crippen molar-refractivity contribution in [2.75, 3.05) is 0 Å². The average Bonchev–Trinajstić information content (AvgIpc) is 1.85. The van der Waals surface area contributed by atoms with Crippen molar-refractivity contribution in [1.82, 2.24) is 0 Å². The van der Waals surface area contributed by atoms with Gasteiger partial charge in [0.2, 0.25) is 0 Å². The van der Waals surface area contributed by atoms with Gasteiger partial charge in [0.05, 0.1) is 6.20 Å². The van der Waals surface area contributed by atoms with Crippen molar-refractivity contribution in [3.05, 3.63) is 12.0 Å². The molecule has 0 amide bonds. The molecule has 1 N–H and O–H groups in total. The Hall–Kier alpha value is -1.26. The molecule has 1 heterocycles. The molecule has 0 bridgehead atoms. The predicted molar refractivity (Wildman–Crippen MR) is 33.8 cm³/mol. The molecule has 0 fully saturated rings. The molecule has 0 radical (unpaired) electrons. The molecule has 1 atom stereocenters. The number of nitrogens with zero attached hydrogens (tertiary/aromatic N) is 1. The van der Waals surface area contributed by atoms with E-state index in [4.69, 9.17) is 5.11 Å². The largest absolute Gasteiger partial charge is 0.477 e. The van der Waals surface area contributed by atoms with E-state index in [9.17, 15) is 13.6 Å². The van der Waals surface area contributed by atoms with Crippen molar-refractivity contribution in [3.63, 3.8) is 0 Å². The number of aliphatic carboxylic acids is 1. The van der Waals surface area contributed by atoms with Gasteiger partial charge in [-0.15, -0.1) is 0 Å². The number of alkyl halides is 1. The monoisotopic (exact) mass is 161 g/mol. The molecule has 60 valence electrons. The standard InChI is InChI=1S/C6H5F2NO2/c7-3-1-4(8)5(6(10)11)9-2-3/h2,4H,1H2,(H,10,11). The Labute approximate surface area is 61.1 Å². The Morgan fingerprint density at radius 2 is 2.45 bits per heavy atom. The third-order valence-corrected chi connectivity index (χ3v) is 1.23. The quantitative estimate of drug-likeness (QED) is 0.625. The first-order valence-corrected chi connectivity index (χ1v) is 2.91. The zero-order chi connectivity index (χ0) is 8.43. The second-order valence-electron chi connectivity index (χ2n) is 2.07. The Morgan fingerprint density at radius 3 is 2.91 bits per heavy atom. The number of hydrogen-bond donors (Lipinski definition) is 1. The average molecular weight is 161 g/mol. The van der Waals surface area contributed by atoms with E-state index in [-0.39, 0.29) is 0 Å². The van der Waals surface area contributed by atoms with E-state index in [1.54, 1.807) is 0 Å². The molecule has 1 rings (SSSR count). The lowest BCUT2D eigenvalue weighted by Crippen LogP contribution is -2.26. The fraction of sp³-hybridized carbons (Fsp3) is 0.333. The summed E-state index contributed by atoms with van der Waals surface area (Å²) in [7, 11) is 0. The second-order valence-corrected chi connectivity index (χ2v) is 2.07. The number of carboxylic acid groups (broad SMARTS) is 1. The van der Waals surface area contributed by atoms with Gasteiger partial charge in [-0.2, -0.15) is 0 Å². The number of aliphatic imine (C=N–C) groups is 1. The molecular weight excluding hydrogens is 156 g/mol. The fourth-order valence-corrected chi connectivity index (χ4v) is 0.730. The molecule has 0 saturated heterocycles. The Kier molecular flexibility index (Phi) is 1.98. The summed E-state index contributed by atoms with van der Waals surface area (Å²) in [5.41, 5.74) is -0.633. The van der Waals surface area contributed by atoms with Crippen LogP contribution in [0.15, 0.2) is 17.0 Å². The van der Waals surface area contributed by atoms with E-state index in [2.05, 4.69) is 4.99 Å². The maximum absolute atomic E-state index is 12.6. The summed E-state index contributed by atoms with van der Waals surface area (Å²) in [6.07, 6.45) is -1.62. The topological polar surface area (TPSA) is 49.7 Å². The van der Waals surface area contributed by atoms with Gasteiger partial charge in [-0.05, 0) is 0 Å². The smallest absolute Gasteiger partial charge is 0.353 e. The molecule has 11 heavy (non-hydrogen) atoms. The molecule has 3 nitrogen and oxygen atoms in total. The van der Waals surface area contributed by atoms with Crippen molar-refractivity contribution < 1.29 is 18.7 Å². The van der Waals surface area contributed by atoms with E-state index in [0.717, 1.165) is 6.20 Å². The third kappa shape index (κ3) is 1.60. The summed E-state index contributed by atoms with van der Waals surface area (Å²) >= 11 is 0. The predicted octanol–water partition coefficient (Wildman–Crippen LogP) is 1.06. The zero-order valence-electron chi connectivity index (χ0n) is 5.42. The first kappa shape index (κ1) is 7.84. The van der Waals surface area contributed by atoms with E-state index in [0.29, 0.717) is 0 Å². The fourth-order valence-electron chi connectivity index (χ4n) is 0.730. The maximum atomic E-state index is 12.6. The maximum Gasteiger partial charge on any atom is 0.353 e. The van der Waals surface area contributed by atoms with E-state index < -0.39 is 30.1 Å².